The topological polar surface area (TPSA) is 123 Å². The highest BCUT2D eigenvalue weighted by Crippen LogP contribution is 2.36. The number of benzene rings is 2. The van der Waals surface area contributed by atoms with Crippen LogP contribution in [0.25, 0.3) is 22.6 Å². The van der Waals surface area contributed by atoms with E-state index in [1.165, 1.54) is 12.1 Å². The quantitative estimate of drug-likeness (QED) is 0.246. The zero-order valence-corrected chi connectivity index (χ0v) is 23.5. The molecule has 0 unspecified atom stereocenters. The Hall–Kier alpha value is -4.35. The van der Waals surface area contributed by atoms with Gasteiger partial charge < -0.3 is 29.8 Å². The molecule has 2 aromatic carbocycles. The lowest BCUT2D eigenvalue weighted by atomic mass is 9.91. The minimum atomic E-state index is -0.809. The largest absolute Gasteiger partial charge is 0.497 e. The van der Waals surface area contributed by atoms with Gasteiger partial charge in [0.2, 0.25) is 18.1 Å². The number of hydrogen-bond donors (Lipinski definition) is 3. The number of rotatable bonds is 10. The Kier molecular flexibility index (Phi) is 7.86. The fourth-order valence-corrected chi connectivity index (χ4v) is 4.68. The number of imidazole rings is 1. The highest BCUT2D eigenvalue weighted by Gasteiger charge is 2.41. The number of carbonyl (C=O) groups is 1. The molecule has 6 rings (SSSR count). The van der Waals surface area contributed by atoms with Crippen molar-refractivity contribution in [2.75, 3.05) is 32.2 Å². The van der Waals surface area contributed by atoms with Crippen molar-refractivity contribution in [3.8, 4) is 28.4 Å². The molecule has 3 N–H and O–H groups in total. The molecule has 0 atom stereocenters. The van der Waals surface area contributed by atoms with Crippen LogP contribution in [0.4, 0.5) is 10.3 Å². The van der Waals surface area contributed by atoms with Gasteiger partial charge in [0.05, 0.1) is 42.8 Å². The first kappa shape index (κ1) is 27.8. The van der Waals surface area contributed by atoms with Gasteiger partial charge in [0.1, 0.15) is 11.6 Å². The summed E-state index contributed by atoms with van der Waals surface area (Å²) in [7, 11) is 1.63. The van der Waals surface area contributed by atoms with Gasteiger partial charge in [-0.1, -0.05) is 12.1 Å². The van der Waals surface area contributed by atoms with Gasteiger partial charge in [0.15, 0.2) is 5.82 Å². The van der Waals surface area contributed by atoms with Gasteiger partial charge >= 0.3 is 0 Å². The van der Waals surface area contributed by atoms with E-state index in [4.69, 9.17) is 24.2 Å². The number of methoxy groups -OCH3 is 1. The predicted molar refractivity (Wildman–Crippen MR) is 154 cm³/mol. The van der Waals surface area contributed by atoms with Crippen molar-refractivity contribution >= 4 is 11.9 Å². The van der Waals surface area contributed by atoms with Crippen molar-refractivity contribution in [2.45, 2.75) is 32.6 Å². The molecule has 11 heteroatoms. The van der Waals surface area contributed by atoms with E-state index in [9.17, 15) is 9.18 Å². The van der Waals surface area contributed by atoms with Crippen LogP contribution in [0.1, 0.15) is 37.4 Å². The third-order valence-corrected chi connectivity index (χ3v) is 7.49. The van der Waals surface area contributed by atoms with E-state index in [1.807, 2.05) is 31.2 Å². The summed E-state index contributed by atoms with van der Waals surface area (Å²) < 4.78 is 31.0. The number of aromatic nitrogens is 4. The van der Waals surface area contributed by atoms with E-state index in [1.54, 1.807) is 31.5 Å². The standard InChI is InChI=1S/C31H33FN6O4/c1-31(29(39)34-15-19-3-4-19)17-41-28(42-18-31)27-37-25(21-7-9-22(32)10-8-21)26(38-27)24-13-14-33-30(36-24)35-16-20-5-11-23(40-2)12-6-20/h5-14,19,28H,3-4,15-18H2,1-2H3,(H,34,39)(H,37,38)(H,33,35,36). The Morgan fingerprint density at radius 2 is 1.81 bits per heavy atom. The van der Waals surface area contributed by atoms with E-state index < -0.39 is 11.7 Å². The smallest absolute Gasteiger partial charge is 0.230 e. The molecule has 3 heterocycles. The molecule has 1 saturated heterocycles. The van der Waals surface area contributed by atoms with E-state index in [-0.39, 0.29) is 24.9 Å². The van der Waals surface area contributed by atoms with Crippen molar-refractivity contribution in [1.82, 2.24) is 25.3 Å². The van der Waals surface area contributed by atoms with Crippen LogP contribution in [-0.2, 0) is 20.8 Å². The Balaban J connectivity index is 1.22. The number of H-pyrrole nitrogens is 1. The van der Waals surface area contributed by atoms with Gasteiger partial charge in [-0.15, -0.1) is 0 Å². The highest BCUT2D eigenvalue weighted by atomic mass is 19.1. The number of hydrogen-bond acceptors (Lipinski definition) is 8. The third kappa shape index (κ3) is 6.27. The van der Waals surface area contributed by atoms with E-state index >= 15 is 0 Å². The predicted octanol–water partition coefficient (Wildman–Crippen LogP) is 4.87. The number of ether oxygens (including phenoxy) is 3. The number of carbonyl (C=O) groups excluding carboxylic acids is 1. The molecule has 4 aromatic rings. The summed E-state index contributed by atoms with van der Waals surface area (Å²) >= 11 is 0. The Morgan fingerprint density at radius 3 is 2.50 bits per heavy atom. The number of aromatic amines is 1. The maximum Gasteiger partial charge on any atom is 0.230 e. The van der Waals surface area contributed by atoms with E-state index in [0.29, 0.717) is 53.4 Å². The van der Waals surface area contributed by atoms with Crippen molar-refractivity contribution < 1.29 is 23.4 Å². The SMILES string of the molecule is COc1ccc(CNc2nccc(-c3[nH]c(C4OCC(C)(C(=O)NCC5CC5)CO4)nc3-c3ccc(F)cc3)n2)cc1. The second-order valence-electron chi connectivity index (χ2n) is 11.0. The maximum atomic E-state index is 13.7. The lowest BCUT2D eigenvalue weighted by Gasteiger charge is -2.35. The molecule has 2 aromatic heterocycles. The van der Waals surface area contributed by atoms with E-state index in [2.05, 4.69) is 20.6 Å². The van der Waals surface area contributed by atoms with Crippen molar-refractivity contribution in [1.29, 1.82) is 0 Å². The van der Waals surface area contributed by atoms with Crippen LogP contribution in [-0.4, -0.2) is 52.7 Å². The van der Waals surface area contributed by atoms with Crippen LogP contribution in [0.2, 0.25) is 0 Å². The fraction of sp³-hybridized carbons (Fsp3) is 0.355. The molecule has 218 valence electrons. The molecule has 10 nitrogen and oxygen atoms in total. The Bertz CT molecular complexity index is 1530. The molecule has 0 bridgehead atoms. The van der Waals surface area contributed by atoms with Gasteiger partial charge in [0, 0.05) is 24.8 Å². The second-order valence-corrected chi connectivity index (χ2v) is 11.0. The summed E-state index contributed by atoms with van der Waals surface area (Å²) in [5, 5.41) is 6.27. The first-order valence-corrected chi connectivity index (χ1v) is 14.0. The summed E-state index contributed by atoms with van der Waals surface area (Å²) in [4.78, 5) is 30.0. The van der Waals surface area contributed by atoms with Crippen LogP contribution in [0.15, 0.2) is 60.8 Å². The molecule has 1 saturated carbocycles. The fourth-order valence-electron chi connectivity index (χ4n) is 4.68. The van der Waals surface area contributed by atoms with Gasteiger partial charge in [-0.2, -0.15) is 0 Å². The zero-order valence-electron chi connectivity index (χ0n) is 23.5. The molecule has 2 aliphatic rings. The molecule has 1 aliphatic heterocycles. The molecular formula is C31H33FN6O4. The molecule has 1 amide bonds. The van der Waals surface area contributed by atoms with Crippen molar-refractivity contribution in [3.05, 3.63) is 78.0 Å². The lowest BCUT2D eigenvalue weighted by Crippen LogP contribution is -2.49. The van der Waals surface area contributed by atoms with Crippen LogP contribution < -0.4 is 15.4 Å². The Morgan fingerprint density at radius 1 is 1.07 bits per heavy atom. The first-order chi connectivity index (χ1) is 20.4. The van der Waals surface area contributed by atoms with Crippen LogP contribution in [0, 0.1) is 17.2 Å². The summed E-state index contributed by atoms with van der Waals surface area (Å²) in [6, 6.07) is 15.6. The first-order valence-electron chi connectivity index (χ1n) is 14.0. The minimum Gasteiger partial charge on any atom is -0.497 e. The number of nitrogens with one attached hydrogen (secondary N) is 3. The minimum absolute atomic E-state index is 0.0735. The van der Waals surface area contributed by atoms with Gasteiger partial charge in [0.25, 0.3) is 0 Å². The molecular weight excluding hydrogens is 539 g/mol. The second kappa shape index (κ2) is 11.9. The molecule has 0 radical (unpaired) electrons. The number of anilines is 1. The highest BCUT2D eigenvalue weighted by molar-refractivity contribution is 5.82. The zero-order chi connectivity index (χ0) is 29.1. The van der Waals surface area contributed by atoms with Crippen LogP contribution >= 0.6 is 0 Å². The summed E-state index contributed by atoms with van der Waals surface area (Å²) in [5.41, 5.74) is 2.69. The summed E-state index contributed by atoms with van der Waals surface area (Å²) in [6.07, 6.45) is 3.18. The van der Waals surface area contributed by atoms with E-state index in [0.717, 1.165) is 24.2 Å². The Labute approximate surface area is 243 Å². The maximum absolute atomic E-state index is 13.7. The average Bonchev–Trinajstić information content (AvgIpc) is 3.75. The van der Waals surface area contributed by atoms with Crippen molar-refractivity contribution in [2.24, 2.45) is 11.3 Å². The normalized spacial score (nSPS) is 20.2. The van der Waals surface area contributed by atoms with Crippen molar-refractivity contribution in [3.63, 3.8) is 0 Å². The average molecular weight is 573 g/mol. The monoisotopic (exact) mass is 572 g/mol. The molecule has 42 heavy (non-hydrogen) atoms. The van der Waals surface area contributed by atoms with Crippen LogP contribution in [0.3, 0.4) is 0 Å². The molecule has 1 aliphatic carbocycles. The van der Waals surface area contributed by atoms with Gasteiger partial charge in [-0.05, 0) is 73.7 Å². The van der Waals surface area contributed by atoms with Gasteiger partial charge in [-0.25, -0.2) is 19.3 Å². The molecule has 0 spiro atoms. The number of halogens is 1. The number of amides is 1. The van der Waals surface area contributed by atoms with Crippen LogP contribution in [0.5, 0.6) is 5.75 Å². The molecule has 2 fully saturated rings. The third-order valence-electron chi connectivity index (χ3n) is 7.49. The summed E-state index contributed by atoms with van der Waals surface area (Å²) in [5.74, 6) is 1.81. The van der Waals surface area contributed by atoms with Gasteiger partial charge in [-0.3, -0.25) is 4.79 Å². The summed E-state index contributed by atoms with van der Waals surface area (Å²) in [6.45, 7) is 3.41. The number of nitrogens with zero attached hydrogens (tertiary/aromatic N) is 3. The lowest BCUT2D eigenvalue weighted by molar-refractivity contribution is -0.231.